The highest BCUT2D eigenvalue weighted by Crippen LogP contribution is 2.16. The maximum Gasteiger partial charge on any atom is 0.178 e. The number of imidazole rings is 1. The third kappa shape index (κ3) is 0.827. The van der Waals surface area contributed by atoms with Crippen LogP contribution in [0.15, 0.2) is 11.3 Å². The molecule has 4 heteroatoms. The summed E-state index contributed by atoms with van der Waals surface area (Å²) in [5.41, 5.74) is 1.09. The lowest BCUT2D eigenvalue weighted by Crippen LogP contribution is -1.81. The maximum absolute atomic E-state index is 4.10. The summed E-state index contributed by atoms with van der Waals surface area (Å²) in [7, 11) is 0. The number of fused-ring (bicyclic) bond motifs is 1. The molecule has 0 aromatic carbocycles. The van der Waals surface area contributed by atoms with E-state index in [2.05, 4.69) is 19.0 Å². The van der Waals surface area contributed by atoms with E-state index in [1.54, 1.807) is 6.33 Å². The molecular weight excluding hydrogens is 229 g/mol. The Bertz CT molecular complexity index is 247. The van der Waals surface area contributed by atoms with E-state index in [-0.39, 0.29) is 20.7 Å². The SMILES string of the molecule is C1=Nc2nc[nH]c2C=I1. The molecule has 0 amide bonds. The van der Waals surface area contributed by atoms with Gasteiger partial charge in [0, 0.05) is 4.01 Å². The topological polar surface area (TPSA) is 41.0 Å². The molecular formula is C5H4IN3. The Kier molecular flexibility index (Phi) is 1.18. The smallest absolute Gasteiger partial charge is 0.178 e. The maximum atomic E-state index is 4.10. The molecule has 1 aromatic rings. The van der Waals surface area contributed by atoms with Gasteiger partial charge in [-0.15, -0.1) is 0 Å². The minimum absolute atomic E-state index is 0.0639. The molecule has 0 bridgehead atoms. The van der Waals surface area contributed by atoms with Crippen LogP contribution in [0.2, 0.25) is 0 Å². The molecule has 0 aliphatic carbocycles. The van der Waals surface area contributed by atoms with Gasteiger partial charge in [0.05, 0.1) is 16.2 Å². The predicted molar refractivity (Wildman–Crippen MR) is 45.9 cm³/mol. The van der Waals surface area contributed by atoms with Gasteiger partial charge in [-0.3, -0.25) is 0 Å². The van der Waals surface area contributed by atoms with Crippen LogP contribution in [0.3, 0.4) is 0 Å². The van der Waals surface area contributed by atoms with E-state index in [1.165, 1.54) is 0 Å². The first-order valence-corrected chi connectivity index (χ1v) is 4.97. The summed E-state index contributed by atoms with van der Waals surface area (Å²) < 4.78 is 4.14. The van der Waals surface area contributed by atoms with Crippen LogP contribution in [0.25, 0.3) is 0 Å². The van der Waals surface area contributed by atoms with Crippen LogP contribution >= 0.6 is 20.7 Å². The Balaban J connectivity index is 2.68. The zero-order valence-corrected chi connectivity index (χ0v) is 6.66. The van der Waals surface area contributed by atoms with Crippen molar-refractivity contribution in [3.63, 3.8) is 0 Å². The molecule has 0 atom stereocenters. The van der Waals surface area contributed by atoms with Crippen LogP contribution in [0.1, 0.15) is 5.69 Å². The standard InChI is InChI=1S/C5H4IN3/c1-4-5(7-2-6-1)9-3-8-4/h1-3H,(H,7,8,9). The predicted octanol–water partition coefficient (Wildman–Crippen LogP) is 1.20. The Morgan fingerprint density at radius 2 is 2.56 bits per heavy atom. The van der Waals surface area contributed by atoms with Gasteiger partial charge in [-0.2, -0.15) is 0 Å². The van der Waals surface area contributed by atoms with Gasteiger partial charge in [0.1, 0.15) is 0 Å². The minimum atomic E-state index is 0.0639. The first-order chi connectivity index (χ1) is 4.47. The second kappa shape index (κ2) is 2.02. The van der Waals surface area contributed by atoms with Crippen LogP contribution < -0.4 is 0 Å². The molecule has 1 aliphatic heterocycles. The molecule has 1 aromatic heterocycles. The number of aromatic nitrogens is 2. The quantitative estimate of drug-likeness (QED) is 0.672. The number of nitrogens with one attached hydrogen (secondary N) is 1. The van der Waals surface area contributed by atoms with Crippen molar-refractivity contribution in [1.29, 1.82) is 0 Å². The van der Waals surface area contributed by atoms with Crippen LogP contribution in [0.4, 0.5) is 5.82 Å². The first kappa shape index (κ1) is 5.28. The van der Waals surface area contributed by atoms with Crippen molar-refractivity contribution in [2.45, 2.75) is 0 Å². The van der Waals surface area contributed by atoms with Crippen LogP contribution in [0, 0.1) is 0 Å². The summed E-state index contributed by atoms with van der Waals surface area (Å²) >= 11 is 0.0639. The van der Waals surface area contributed by atoms with E-state index >= 15 is 0 Å². The number of nitrogens with zero attached hydrogens (tertiary/aromatic N) is 2. The van der Waals surface area contributed by atoms with E-state index in [1.807, 2.05) is 4.22 Å². The molecule has 0 saturated heterocycles. The first-order valence-electron chi connectivity index (χ1n) is 2.48. The third-order valence-electron chi connectivity index (χ3n) is 1.05. The number of rotatable bonds is 0. The zero-order valence-electron chi connectivity index (χ0n) is 4.50. The summed E-state index contributed by atoms with van der Waals surface area (Å²) in [5, 5.41) is 0. The lowest BCUT2D eigenvalue weighted by atomic mass is 10.5. The number of aliphatic imine (C=N–C) groups is 1. The largest absolute Gasteiger partial charge is 0.343 e. The van der Waals surface area contributed by atoms with E-state index < -0.39 is 0 Å². The number of aromatic amines is 1. The molecule has 0 unspecified atom stereocenters. The van der Waals surface area contributed by atoms with Crippen molar-refractivity contribution < 1.29 is 0 Å². The highest BCUT2D eigenvalue weighted by atomic mass is 127. The molecule has 46 valence electrons. The number of halogens is 1. The van der Waals surface area contributed by atoms with Gasteiger partial charge in [-0.05, 0) is 0 Å². The highest BCUT2D eigenvalue weighted by molar-refractivity contribution is 14.2. The van der Waals surface area contributed by atoms with Crippen molar-refractivity contribution in [1.82, 2.24) is 9.97 Å². The summed E-state index contributed by atoms with van der Waals surface area (Å²) in [6.07, 6.45) is 1.67. The molecule has 3 nitrogen and oxygen atoms in total. The van der Waals surface area contributed by atoms with Crippen LogP contribution in [0.5, 0.6) is 0 Å². The Labute approximate surface area is 62.0 Å². The van der Waals surface area contributed by atoms with Crippen molar-refractivity contribution in [3.05, 3.63) is 12.0 Å². The lowest BCUT2D eigenvalue weighted by Gasteiger charge is -1.91. The third-order valence-corrected chi connectivity index (χ3v) is 2.63. The Morgan fingerprint density at radius 1 is 1.56 bits per heavy atom. The molecule has 2 heterocycles. The van der Waals surface area contributed by atoms with Crippen molar-refractivity contribution in [2.24, 2.45) is 4.99 Å². The van der Waals surface area contributed by atoms with Gasteiger partial charge in [-0.25, -0.2) is 9.98 Å². The number of hydrogen-bond donors (Lipinski definition) is 1. The Morgan fingerprint density at radius 3 is 3.44 bits per heavy atom. The zero-order chi connectivity index (χ0) is 6.10. The lowest BCUT2D eigenvalue weighted by molar-refractivity contribution is 1.30. The normalized spacial score (nSPS) is 14.7. The molecule has 0 radical (unpaired) electrons. The van der Waals surface area contributed by atoms with E-state index in [9.17, 15) is 0 Å². The summed E-state index contributed by atoms with van der Waals surface area (Å²) in [6.45, 7) is 0. The summed E-state index contributed by atoms with van der Waals surface area (Å²) in [4.78, 5) is 11.1. The Hall–Kier alpha value is -0.520. The molecule has 0 fully saturated rings. The van der Waals surface area contributed by atoms with Gasteiger partial charge in [-0.1, -0.05) is 20.7 Å². The summed E-state index contributed by atoms with van der Waals surface area (Å²) in [6, 6.07) is 0. The van der Waals surface area contributed by atoms with Gasteiger partial charge < -0.3 is 4.98 Å². The highest BCUT2D eigenvalue weighted by Gasteiger charge is 2.00. The van der Waals surface area contributed by atoms with E-state index in [0.717, 1.165) is 11.5 Å². The average molecular weight is 233 g/mol. The number of H-pyrrole nitrogens is 1. The minimum Gasteiger partial charge on any atom is -0.343 e. The van der Waals surface area contributed by atoms with Crippen LogP contribution in [-0.2, 0) is 0 Å². The van der Waals surface area contributed by atoms with Crippen LogP contribution in [-0.4, -0.2) is 18.2 Å². The van der Waals surface area contributed by atoms with Crippen molar-refractivity contribution in [2.75, 3.05) is 0 Å². The molecule has 9 heavy (non-hydrogen) atoms. The molecule has 2 rings (SSSR count). The van der Waals surface area contributed by atoms with Gasteiger partial charge in [0.15, 0.2) is 5.82 Å². The molecule has 1 aliphatic rings. The monoisotopic (exact) mass is 233 g/mol. The fourth-order valence-corrected chi connectivity index (χ4v) is 2.05. The fourth-order valence-electron chi connectivity index (χ4n) is 0.646. The van der Waals surface area contributed by atoms with Gasteiger partial charge in [0.25, 0.3) is 0 Å². The van der Waals surface area contributed by atoms with Crippen molar-refractivity contribution in [3.8, 4) is 0 Å². The van der Waals surface area contributed by atoms with Gasteiger partial charge >= 0.3 is 0 Å². The van der Waals surface area contributed by atoms with Gasteiger partial charge in [0.2, 0.25) is 0 Å². The fraction of sp³-hybridized carbons (Fsp3) is 0. The number of hydrogen-bond acceptors (Lipinski definition) is 2. The summed E-state index contributed by atoms with van der Waals surface area (Å²) in [5.74, 6) is 0.834. The molecule has 0 saturated carbocycles. The van der Waals surface area contributed by atoms with Crippen molar-refractivity contribution >= 4 is 34.8 Å². The second-order valence-corrected chi connectivity index (χ2v) is 3.50. The van der Waals surface area contributed by atoms with E-state index in [0.29, 0.717) is 0 Å². The van der Waals surface area contributed by atoms with E-state index in [4.69, 9.17) is 0 Å². The second-order valence-electron chi connectivity index (χ2n) is 1.60. The average Bonchev–Trinajstić information content (AvgIpc) is 2.33. The molecule has 1 N–H and O–H groups in total. The molecule has 0 spiro atoms.